The van der Waals surface area contributed by atoms with Crippen molar-refractivity contribution >= 4 is 35.2 Å². The molecule has 3 aromatic carbocycles. The predicted molar refractivity (Wildman–Crippen MR) is 206 cm³/mol. The Labute approximate surface area is 313 Å². The molecule has 5 N–H and O–H groups in total. The van der Waals surface area contributed by atoms with Crippen LogP contribution in [0.3, 0.4) is 0 Å². The van der Waals surface area contributed by atoms with Crippen LogP contribution in [0.5, 0.6) is 0 Å². The topological polar surface area (TPSA) is 158 Å². The van der Waals surface area contributed by atoms with Crippen molar-refractivity contribution < 1.29 is 28.7 Å². The van der Waals surface area contributed by atoms with E-state index in [1.165, 1.54) is 0 Å². The number of epoxide rings is 1. The highest BCUT2D eigenvalue weighted by atomic mass is 16.6. The summed E-state index contributed by atoms with van der Waals surface area (Å²) in [5, 5.41) is 14.3. The van der Waals surface area contributed by atoms with E-state index in [0.29, 0.717) is 25.1 Å². The summed E-state index contributed by atoms with van der Waals surface area (Å²) in [7, 11) is 0. The Morgan fingerprint density at radius 2 is 1.13 bits per heavy atom. The number of anilines is 1. The molecule has 0 radical (unpaired) electrons. The summed E-state index contributed by atoms with van der Waals surface area (Å²) < 4.78 is 5.41. The van der Waals surface area contributed by atoms with Gasteiger partial charge in [0.15, 0.2) is 5.78 Å². The van der Waals surface area contributed by atoms with Crippen molar-refractivity contribution in [3.63, 3.8) is 0 Å². The Kier molecular flexibility index (Phi) is 14.7. The van der Waals surface area contributed by atoms with Crippen LogP contribution in [0.25, 0.3) is 0 Å². The first-order valence-electron chi connectivity index (χ1n) is 18.5. The standard InChI is InChI=1S/C42H55N5O6/c1-27(2)23-34(37(48)42(6)26-53-42)44-40(51)36(25-31-15-11-8-12-16-31)46-39(50)35(24-28(3)4)45-38(49)33(22-19-30-13-9-7-10-14-30)47-41(52)43-32-20-17-29(5)18-21-32/h7-18,20-21,27-28,33-36H,19,22-26H2,1-6H3,(H,44,51)(H,45,49)(H,46,50)(H2,43,47,52)/t33-,34?,35?,36-,42+/m0/s1. The van der Waals surface area contributed by atoms with Gasteiger partial charge in [-0.15, -0.1) is 0 Å². The first kappa shape index (κ1) is 40.7. The number of ether oxygens (including phenoxy) is 1. The highest BCUT2D eigenvalue weighted by Crippen LogP contribution is 2.29. The lowest BCUT2D eigenvalue weighted by molar-refractivity contribution is -0.134. The van der Waals surface area contributed by atoms with Gasteiger partial charge in [-0.1, -0.05) is 106 Å². The summed E-state index contributed by atoms with van der Waals surface area (Å²) in [5.74, 6) is -1.66. The maximum atomic E-state index is 14.1. The first-order valence-corrected chi connectivity index (χ1v) is 18.5. The molecule has 0 aromatic heterocycles. The second-order valence-electron chi connectivity index (χ2n) is 15.1. The van der Waals surface area contributed by atoms with E-state index in [0.717, 1.165) is 16.7 Å². The molecule has 11 nitrogen and oxygen atoms in total. The molecule has 2 unspecified atom stereocenters. The van der Waals surface area contributed by atoms with Crippen LogP contribution in [0.1, 0.15) is 70.6 Å². The minimum absolute atomic E-state index is 0.000318. The number of hydrogen-bond donors (Lipinski definition) is 5. The number of aryl methyl sites for hydroxylation is 2. The van der Waals surface area contributed by atoms with Crippen molar-refractivity contribution in [2.45, 2.75) is 103 Å². The first-order chi connectivity index (χ1) is 25.2. The number of benzene rings is 3. The minimum Gasteiger partial charge on any atom is -0.361 e. The van der Waals surface area contributed by atoms with Crippen molar-refractivity contribution in [3.05, 3.63) is 102 Å². The van der Waals surface area contributed by atoms with Crippen molar-refractivity contribution in [2.75, 3.05) is 11.9 Å². The Morgan fingerprint density at radius 3 is 1.70 bits per heavy atom. The Morgan fingerprint density at radius 1 is 0.642 bits per heavy atom. The maximum absolute atomic E-state index is 14.1. The zero-order valence-corrected chi connectivity index (χ0v) is 31.7. The highest BCUT2D eigenvalue weighted by Gasteiger charge is 2.50. The van der Waals surface area contributed by atoms with E-state index in [2.05, 4.69) is 26.6 Å². The normalized spacial score (nSPS) is 17.2. The second kappa shape index (κ2) is 19.2. The van der Waals surface area contributed by atoms with E-state index < -0.39 is 53.5 Å². The molecule has 53 heavy (non-hydrogen) atoms. The van der Waals surface area contributed by atoms with Gasteiger partial charge in [0, 0.05) is 12.1 Å². The molecule has 1 saturated heterocycles. The van der Waals surface area contributed by atoms with Gasteiger partial charge in [-0.2, -0.15) is 0 Å². The van der Waals surface area contributed by atoms with Gasteiger partial charge in [-0.3, -0.25) is 19.2 Å². The number of urea groups is 1. The molecule has 1 aliphatic rings. The molecule has 0 spiro atoms. The van der Waals surface area contributed by atoms with Crippen LogP contribution in [0, 0.1) is 18.8 Å². The van der Waals surface area contributed by atoms with Gasteiger partial charge in [0.05, 0.1) is 12.6 Å². The third kappa shape index (κ3) is 13.2. The van der Waals surface area contributed by atoms with E-state index >= 15 is 0 Å². The van der Waals surface area contributed by atoms with Crippen molar-refractivity contribution in [2.24, 2.45) is 11.8 Å². The van der Waals surface area contributed by atoms with E-state index in [4.69, 9.17) is 4.74 Å². The third-order valence-corrected chi connectivity index (χ3v) is 9.19. The van der Waals surface area contributed by atoms with Gasteiger partial charge >= 0.3 is 6.03 Å². The zero-order chi connectivity index (χ0) is 38.5. The fraction of sp³-hybridized carbons (Fsp3) is 0.452. The molecule has 284 valence electrons. The molecule has 1 heterocycles. The van der Waals surface area contributed by atoms with Gasteiger partial charge in [0.2, 0.25) is 17.7 Å². The fourth-order valence-corrected chi connectivity index (χ4v) is 6.09. The predicted octanol–water partition coefficient (Wildman–Crippen LogP) is 5.27. The van der Waals surface area contributed by atoms with Gasteiger partial charge in [-0.05, 0) is 74.6 Å². The average Bonchev–Trinajstić information content (AvgIpc) is 3.88. The highest BCUT2D eigenvalue weighted by molar-refractivity contribution is 5.99. The van der Waals surface area contributed by atoms with Gasteiger partial charge in [-0.25, -0.2) is 4.79 Å². The molecule has 0 bridgehead atoms. The molecular formula is C42H55N5O6. The zero-order valence-electron chi connectivity index (χ0n) is 31.7. The van der Waals surface area contributed by atoms with Crippen LogP contribution < -0.4 is 26.6 Å². The molecule has 0 aliphatic carbocycles. The van der Waals surface area contributed by atoms with E-state index in [9.17, 15) is 24.0 Å². The lowest BCUT2D eigenvalue weighted by Gasteiger charge is -2.28. The molecule has 0 saturated carbocycles. The summed E-state index contributed by atoms with van der Waals surface area (Å²) in [4.78, 5) is 68.5. The molecule has 5 amide bonds. The molecule has 4 rings (SSSR count). The Bertz CT molecular complexity index is 1680. The van der Waals surface area contributed by atoms with E-state index in [-0.39, 0.29) is 36.9 Å². The summed E-state index contributed by atoms with van der Waals surface area (Å²) in [6, 6.07) is 21.8. The Balaban J connectivity index is 1.53. The summed E-state index contributed by atoms with van der Waals surface area (Å²) in [5.41, 5.74) is 2.49. The van der Waals surface area contributed by atoms with Crippen molar-refractivity contribution in [1.82, 2.24) is 21.3 Å². The van der Waals surface area contributed by atoms with Gasteiger partial charge < -0.3 is 31.3 Å². The molecular weight excluding hydrogens is 670 g/mol. The average molecular weight is 726 g/mol. The number of nitrogens with one attached hydrogen (secondary N) is 5. The lowest BCUT2D eigenvalue weighted by Crippen LogP contribution is -2.59. The minimum atomic E-state index is -1.04. The molecule has 1 aliphatic heterocycles. The second-order valence-corrected chi connectivity index (χ2v) is 15.1. The van der Waals surface area contributed by atoms with Crippen LogP contribution in [0.15, 0.2) is 84.9 Å². The van der Waals surface area contributed by atoms with Gasteiger partial charge in [0.25, 0.3) is 0 Å². The monoisotopic (exact) mass is 725 g/mol. The Hall–Kier alpha value is -5.03. The van der Waals surface area contributed by atoms with Crippen molar-refractivity contribution in [1.29, 1.82) is 0 Å². The summed E-state index contributed by atoms with van der Waals surface area (Å²) in [6.07, 6.45) is 1.64. The van der Waals surface area contributed by atoms with Crippen LogP contribution >= 0.6 is 0 Å². The van der Waals surface area contributed by atoms with Crippen LogP contribution in [-0.2, 0) is 36.8 Å². The van der Waals surface area contributed by atoms with Crippen molar-refractivity contribution in [3.8, 4) is 0 Å². The lowest BCUT2D eigenvalue weighted by atomic mass is 9.93. The van der Waals surface area contributed by atoms with E-state index in [1.807, 2.05) is 107 Å². The molecule has 11 heteroatoms. The number of rotatable bonds is 19. The summed E-state index contributed by atoms with van der Waals surface area (Å²) >= 11 is 0. The van der Waals surface area contributed by atoms with Crippen LogP contribution in [0.2, 0.25) is 0 Å². The molecule has 1 fully saturated rings. The number of Topliss-reactive ketones (excluding diaryl/α,β-unsaturated/α-hetero) is 1. The van der Waals surface area contributed by atoms with Crippen LogP contribution in [-0.4, -0.2) is 65.9 Å². The largest absolute Gasteiger partial charge is 0.361 e. The van der Waals surface area contributed by atoms with Gasteiger partial charge in [0.1, 0.15) is 23.7 Å². The molecule has 3 aromatic rings. The number of carbonyl (C=O) groups is 5. The number of ketones is 1. The number of hydrogen-bond acceptors (Lipinski definition) is 6. The fourth-order valence-electron chi connectivity index (χ4n) is 6.09. The third-order valence-electron chi connectivity index (χ3n) is 9.19. The quantitative estimate of drug-likeness (QED) is 0.106. The maximum Gasteiger partial charge on any atom is 0.319 e. The van der Waals surface area contributed by atoms with Crippen LogP contribution in [0.4, 0.5) is 10.5 Å². The number of amides is 5. The summed E-state index contributed by atoms with van der Waals surface area (Å²) in [6.45, 7) is 11.8. The molecule has 5 atom stereocenters. The smallest absolute Gasteiger partial charge is 0.319 e. The SMILES string of the molecule is Cc1ccc(NC(=O)N[C@@H](CCc2ccccc2)C(=O)NC(CC(C)C)C(=O)N[C@@H](Cc2ccccc2)C(=O)NC(CC(C)C)C(=O)[C@@]2(C)CO2)cc1. The number of carbonyl (C=O) groups excluding carboxylic acids is 5. The van der Waals surface area contributed by atoms with E-state index in [1.54, 1.807) is 19.1 Å².